The molecule has 2 atom stereocenters. The van der Waals surface area contributed by atoms with Gasteiger partial charge in [-0.3, -0.25) is 9.59 Å². The standard InChI is InChI=1S/C29H31Cl2F6N3O3/c1-38(26(41)19-4-6-25(43-2)21(13-19)29(35,36)37)24-16-40(15-20(24)18-3-5-22(30)23(31)14-18)27(42)17-7-10-39(11-8-17)12-9-28(32,33)34/h3-6,13-14,17,20,24H,7-12,15-16H2,1-2H3. The van der Waals surface area contributed by atoms with E-state index in [9.17, 15) is 35.9 Å². The molecule has 0 N–H and O–H groups in total. The van der Waals surface area contributed by atoms with Crippen molar-refractivity contribution in [2.45, 2.75) is 43.6 Å². The number of methoxy groups -OCH3 is 1. The van der Waals surface area contributed by atoms with Crippen LogP contribution in [0.15, 0.2) is 36.4 Å². The lowest BCUT2D eigenvalue weighted by molar-refractivity contribution is -0.141. The number of likely N-dealkylation sites (tertiary alicyclic amines) is 2. The van der Waals surface area contributed by atoms with E-state index in [0.29, 0.717) is 36.5 Å². The number of nitrogens with zero attached hydrogens (tertiary/aromatic N) is 3. The quantitative estimate of drug-likeness (QED) is 0.310. The first-order chi connectivity index (χ1) is 20.1. The number of ether oxygens (including phenoxy) is 1. The number of likely N-dealkylation sites (N-methyl/N-ethyl adjacent to an activating group) is 1. The van der Waals surface area contributed by atoms with E-state index in [2.05, 4.69) is 0 Å². The van der Waals surface area contributed by atoms with E-state index in [1.807, 2.05) is 0 Å². The molecule has 236 valence electrons. The monoisotopic (exact) mass is 653 g/mol. The summed E-state index contributed by atoms with van der Waals surface area (Å²) in [4.78, 5) is 31.8. The van der Waals surface area contributed by atoms with Gasteiger partial charge in [0, 0.05) is 44.1 Å². The summed E-state index contributed by atoms with van der Waals surface area (Å²) in [5.74, 6) is -2.09. The fraction of sp³-hybridized carbons (Fsp3) is 0.517. The molecule has 2 fully saturated rings. The zero-order valence-corrected chi connectivity index (χ0v) is 25.0. The lowest BCUT2D eigenvalue weighted by Crippen LogP contribution is -2.44. The van der Waals surface area contributed by atoms with Crippen LogP contribution in [0.1, 0.15) is 46.7 Å². The van der Waals surface area contributed by atoms with Crippen molar-refractivity contribution in [2.75, 3.05) is 46.9 Å². The molecular weight excluding hydrogens is 623 g/mol. The minimum Gasteiger partial charge on any atom is -0.496 e. The molecule has 2 aliphatic rings. The summed E-state index contributed by atoms with van der Waals surface area (Å²) in [5.41, 5.74) is -0.582. The highest BCUT2D eigenvalue weighted by atomic mass is 35.5. The lowest BCUT2D eigenvalue weighted by Gasteiger charge is -2.33. The Bertz CT molecular complexity index is 1330. The number of halogens is 8. The maximum atomic E-state index is 13.6. The summed E-state index contributed by atoms with van der Waals surface area (Å²) >= 11 is 12.4. The van der Waals surface area contributed by atoms with E-state index < -0.39 is 53.9 Å². The van der Waals surface area contributed by atoms with Gasteiger partial charge in [0.1, 0.15) is 5.75 Å². The molecule has 14 heteroatoms. The number of benzene rings is 2. The Kier molecular flexibility index (Phi) is 10.1. The van der Waals surface area contributed by atoms with E-state index in [1.165, 1.54) is 18.0 Å². The number of rotatable bonds is 7. The van der Waals surface area contributed by atoms with Gasteiger partial charge in [-0.2, -0.15) is 26.3 Å². The zero-order chi connectivity index (χ0) is 31.7. The molecule has 2 saturated heterocycles. The first-order valence-electron chi connectivity index (χ1n) is 13.6. The Morgan fingerprint density at radius 1 is 0.977 bits per heavy atom. The molecule has 0 spiro atoms. The maximum absolute atomic E-state index is 13.6. The largest absolute Gasteiger partial charge is 0.496 e. The average Bonchev–Trinajstić information content (AvgIpc) is 3.41. The lowest BCUT2D eigenvalue weighted by atomic mass is 9.93. The number of hydrogen-bond acceptors (Lipinski definition) is 4. The fourth-order valence-corrected chi connectivity index (χ4v) is 6.10. The first-order valence-corrected chi connectivity index (χ1v) is 14.4. The molecule has 0 radical (unpaired) electrons. The van der Waals surface area contributed by atoms with E-state index >= 15 is 0 Å². The van der Waals surface area contributed by atoms with Crippen molar-refractivity contribution in [3.63, 3.8) is 0 Å². The van der Waals surface area contributed by atoms with Gasteiger partial charge >= 0.3 is 12.4 Å². The van der Waals surface area contributed by atoms with Gasteiger partial charge in [-0.1, -0.05) is 29.3 Å². The van der Waals surface area contributed by atoms with Crippen LogP contribution in [0.4, 0.5) is 26.3 Å². The highest BCUT2D eigenvalue weighted by Crippen LogP contribution is 2.39. The van der Waals surface area contributed by atoms with E-state index in [1.54, 1.807) is 28.0 Å². The summed E-state index contributed by atoms with van der Waals surface area (Å²) in [6.45, 7) is 0.922. The summed E-state index contributed by atoms with van der Waals surface area (Å²) in [7, 11) is 2.58. The van der Waals surface area contributed by atoms with Crippen LogP contribution in [-0.2, 0) is 11.0 Å². The van der Waals surface area contributed by atoms with Crippen LogP contribution in [0.3, 0.4) is 0 Å². The normalized spacial score (nSPS) is 20.4. The first kappa shape index (κ1) is 33.2. The third-order valence-electron chi connectivity index (χ3n) is 8.19. The second-order valence-corrected chi connectivity index (χ2v) is 11.7. The third kappa shape index (κ3) is 7.88. The van der Waals surface area contributed by atoms with Gasteiger partial charge in [-0.25, -0.2) is 0 Å². The van der Waals surface area contributed by atoms with Crippen LogP contribution in [0.2, 0.25) is 10.0 Å². The van der Waals surface area contributed by atoms with Crippen molar-refractivity contribution >= 4 is 35.0 Å². The van der Waals surface area contributed by atoms with Crippen molar-refractivity contribution in [3.8, 4) is 5.75 Å². The van der Waals surface area contributed by atoms with Crippen LogP contribution in [0.5, 0.6) is 5.75 Å². The van der Waals surface area contributed by atoms with Crippen LogP contribution >= 0.6 is 23.2 Å². The number of piperidine rings is 1. The molecule has 4 rings (SSSR count). The Morgan fingerprint density at radius 2 is 1.65 bits per heavy atom. The number of carbonyl (C=O) groups is 2. The van der Waals surface area contributed by atoms with Gasteiger partial charge in [0.2, 0.25) is 5.91 Å². The summed E-state index contributed by atoms with van der Waals surface area (Å²) in [5, 5.41) is 0.584. The van der Waals surface area contributed by atoms with Crippen molar-refractivity contribution < 1.29 is 40.7 Å². The van der Waals surface area contributed by atoms with E-state index in [-0.39, 0.29) is 36.1 Å². The van der Waals surface area contributed by atoms with Crippen LogP contribution in [-0.4, -0.2) is 85.6 Å². The second kappa shape index (κ2) is 13.1. The predicted octanol–water partition coefficient (Wildman–Crippen LogP) is 6.75. The summed E-state index contributed by atoms with van der Waals surface area (Å²) < 4.78 is 83.7. The molecule has 2 amide bonds. The molecule has 0 saturated carbocycles. The minimum atomic E-state index is -4.75. The molecule has 2 aliphatic heterocycles. The third-order valence-corrected chi connectivity index (χ3v) is 8.93. The van der Waals surface area contributed by atoms with Crippen LogP contribution < -0.4 is 4.74 Å². The predicted molar refractivity (Wildman–Crippen MR) is 149 cm³/mol. The molecule has 2 unspecified atom stereocenters. The smallest absolute Gasteiger partial charge is 0.419 e. The summed E-state index contributed by atoms with van der Waals surface area (Å²) in [6.07, 6.45) is -9.11. The van der Waals surface area contributed by atoms with Crippen molar-refractivity contribution in [2.24, 2.45) is 5.92 Å². The molecule has 6 nitrogen and oxygen atoms in total. The van der Waals surface area contributed by atoms with Gasteiger partial charge in [-0.15, -0.1) is 0 Å². The van der Waals surface area contributed by atoms with Gasteiger partial charge in [0.05, 0.1) is 35.2 Å². The average molecular weight is 654 g/mol. The van der Waals surface area contributed by atoms with Gasteiger partial charge < -0.3 is 19.4 Å². The Balaban J connectivity index is 1.55. The Morgan fingerprint density at radius 3 is 2.23 bits per heavy atom. The molecule has 43 heavy (non-hydrogen) atoms. The molecular formula is C29H31Cl2F6N3O3. The molecule has 0 aromatic heterocycles. The molecule has 2 aromatic carbocycles. The van der Waals surface area contributed by atoms with Gasteiger partial charge in [0.25, 0.3) is 5.91 Å². The number of hydrogen-bond donors (Lipinski definition) is 0. The fourth-order valence-electron chi connectivity index (χ4n) is 5.79. The summed E-state index contributed by atoms with van der Waals surface area (Å²) in [6, 6.07) is 7.44. The molecule has 2 aromatic rings. The Hall–Kier alpha value is -2.70. The molecule has 2 heterocycles. The number of carbonyl (C=O) groups excluding carboxylic acids is 2. The van der Waals surface area contributed by atoms with Crippen molar-refractivity contribution in [1.29, 1.82) is 0 Å². The highest BCUT2D eigenvalue weighted by Gasteiger charge is 2.43. The molecule has 0 bridgehead atoms. The zero-order valence-electron chi connectivity index (χ0n) is 23.4. The topological polar surface area (TPSA) is 53.1 Å². The minimum absolute atomic E-state index is 0.114. The number of amides is 2. The SMILES string of the molecule is COc1ccc(C(=O)N(C)C2CN(C(=O)C3CCN(CCC(F)(F)F)CC3)CC2c2ccc(Cl)c(Cl)c2)cc1C(F)(F)F. The van der Waals surface area contributed by atoms with Gasteiger partial charge in [-0.05, 0) is 61.8 Å². The van der Waals surface area contributed by atoms with Crippen molar-refractivity contribution in [3.05, 3.63) is 63.1 Å². The van der Waals surface area contributed by atoms with Crippen LogP contribution in [0, 0.1) is 5.92 Å². The molecule has 0 aliphatic carbocycles. The second-order valence-electron chi connectivity index (χ2n) is 10.9. The maximum Gasteiger partial charge on any atom is 0.419 e. The Labute approximate surface area is 255 Å². The van der Waals surface area contributed by atoms with Crippen LogP contribution in [0.25, 0.3) is 0 Å². The van der Waals surface area contributed by atoms with Gasteiger partial charge in [0.15, 0.2) is 0 Å². The van der Waals surface area contributed by atoms with E-state index in [4.69, 9.17) is 27.9 Å². The highest BCUT2D eigenvalue weighted by molar-refractivity contribution is 6.42. The van der Waals surface area contributed by atoms with Crippen molar-refractivity contribution in [1.82, 2.24) is 14.7 Å². The van der Waals surface area contributed by atoms with E-state index in [0.717, 1.165) is 19.2 Å². The number of alkyl halides is 6.